The summed E-state index contributed by atoms with van der Waals surface area (Å²) in [5.74, 6) is 0.623. The first kappa shape index (κ1) is 11.0. The van der Waals surface area contributed by atoms with Gasteiger partial charge in [-0.3, -0.25) is 0 Å². The molecule has 0 amide bonds. The van der Waals surface area contributed by atoms with Gasteiger partial charge >= 0.3 is 0 Å². The summed E-state index contributed by atoms with van der Waals surface area (Å²) in [6, 6.07) is 0. The Bertz CT molecular complexity index is 469. The Hall–Kier alpha value is -0.530. The fourth-order valence-electron chi connectivity index (χ4n) is 0.952. The highest BCUT2D eigenvalue weighted by atomic mass is 79.9. The summed E-state index contributed by atoms with van der Waals surface area (Å²) < 4.78 is 2.77. The molecule has 0 aliphatic carbocycles. The molecule has 2 aromatic heterocycles. The Morgan fingerprint density at radius 2 is 1.93 bits per heavy atom. The van der Waals surface area contributed by atoms with Crippen molar-refractivity contribution >= 4 is 43.5 Å². The molecular formula is C7H4Br2ClN5. The van der Waals surface area contributed by atoms with Crippen LogP contribution in [0.4, 0.5) is 0 Å². The highest BCUT2D eigenvalue weighted by Gasteiger charge is 2.06. The van der Waals surface area contributed by atoms with Gasteiger partial charge < -0.3 is 0 Å². The van der Waals surface area contributed by atoms with E-state index >= 15 is 0 Å². The van der Waals surface area contributed by atoms with Crippen LogP contribution in [0.15, 0.2) is 21.9 Å². The Kier molecular flexibility index (Phi) is 3.32. The molecule has 5 nitrogen and oxygen atoms in total. The number of rotatable bonds is 2. The third-order valence-electron chi connectivity index (χ3n) is 1.57. The smallest absolute Gasteiger partial charge is 0.218 e. The first-order chi connectivity index (χ1) is 7.15. The molecule has 2 heterocycles. The Morgan fingerprint density at radius 1 is 1.27 bits per heavy atom. The van der Waals surface area contributed by atoms with Crippen LogP contribution in [0.1, 0.15) is 5.82 Å². The van der Waals surface area contributed by atoms with Crippen molar-refractivity contribution in [1.82, 2.24) is 24.7 Å². The van der Waals surface area contributed by atoms with E-state index in [9.17, 15) is 0 Å². The number of halogens is 3. The summed E-state index contributed by atoms with van der Waals surface area (Å²) in [6.07, 6.45) is 3.09. The topological polar surface area (TPSA) is 56.5 Å². The maximum atomic E-state index is 5.67. The predicted molar refractivity (Wildman–Crippen MR) is 61.6 cm³/mol. The monoisotopic (exact) mass is 351 g/mol. The van der Waals surface area contributed by atoms with Gasteiger partial charge in [-0.2, -0.15) is 4.98 Å². The molecule has 0 aliphatic rings. The SMILES string of the molecule is Clc1cnc(Cn2nc(Br)nc2Br)nc1. The van der Waals surface area contributed by atoms with Crippen molar-refractivity contribution in [2.24, 2.45) is 0 Å². The lowest BCUT2D eigenvalue weighted by Crippen LogP contribution is -2.05. The lowest BCUT2D eigenvalue weighted by molar-refractivity contribution is 0.636. The van der Waals surface area contributed by atoms with Crippen molar-refractivity contribution in [3.05, 3.63) is 32.7 Å². The number of aromatic nitrogens is 5. The van der Waals surface area contributed by atoms with Gasteiger partial charge in [-0.25, -0.2) is 14.6 Å². The van der Waals surface area contributed by atoms with Crippen molar-refractivity contribution < 1.29 is 0 Å². The fourth-order valence-corrected chi connectivity index (χ4v) is 2.02. The Morgan fingerprint density at radius 3 is 2.47 bits per heavy atom. The van der Waals surface area contributed by atoms with E-state index < -0.39 is 0 Å². The second kappa shape index (κ2) is 4.54. The third-order valence-corrected chi connectivity index (χ3v) is 2.68. The van der Waals surface area contributed by atoms with Crippen LogP contribution in [0.25, 0.3) is 0 Å². The van der Waals surface area contributed by atoms with Crippen molar-refractivity contribution in [2.45, 2.75) is 6.54 Å². The number of hydrogen-bond donors (Lipinski definition) is 0. The normalized spacial score (nSPS) is 10.6. The lowest BCUT2D eigenvalue weighted by atomic mass is 10.5. The van der Waals surface area contributed by atoms with Gasteiger partial charge in [0.1, 0.15) is 12.4 Å². The average Bonchev–Trinajstić information content (AvgIpc) is 2.49. The molecule has 0 bridgehead atoms. The van der Waals surface area contributed by atoms with Crippen LogP contribution in [0.3, 0.4) is 0 Å². The first-order valence-corrected chi connectivity index (χ1v) is 5.84. The molecule has 15 heavy (non-hydrogen) atoms. The van der Waals surface area contributed by atoms with Gasteiger partial charge in [0.15, 0.2) is 4.73 Å². The van der Waals surface area contributed by atoms with E-state index in [4.69, 9.17) is 11.6 Å². The number of nitrogens with zero attached hydrogens (tertiary/aromatic N) is 5. The van der Waals surface area contributed by atoms with E-state index in [0.29, 0.717) is 26.9 Å². The average molecular weight is 353 g/mol. The zero-order valence-electron chi connectivity index (χ0n) is 7.23. The molecule has 0 saturated heterocycles. The van der Waals surface area contributed by atoms with Crippen LogP contribution < -0.4 is 0 Å². The molecule has 78 valence electrons. The number of hydrogen-bond acceptors (Lipinski definition) is 4. The molecule has 0 aromatic carbocycles. The molecule has 0 atom stereocenters. The highest BCUT2D eigenvalue weighted by Crippen LogP contribution is 2.12. The maximum Gasteiger partial charge on any atom is 0.218 e. The first-order valence-electron chi connectivity index (χ1n) is 3.87. The van der Waals surface area contributed by atoms with Crippen LogP contribution in [-0.4, -0.2) is 24.7 Å². The summed E-state index contributed by atoms with van der Waals surface area (Å²) in [7, 11) is 0. The van der Waals surface area contributed by atoms with Crippen LogP contribution in [0.5, 0.6) is 0 Å². The molecule has 2 rings (SSSR count). The van der Waals surface area contributed by atoms with Gasteiger partial charge in [-0.15, -0.1) is 5.10 Å². The predicted octanol–water partition coefficient (Wildman–Crippen LogP) is 2.29. The third kappa shape index (κ3) is 2.73. The van der Waals surface area contributed by atoms with E-state index in [1.165, 1.54) is 0 Å². The van der Waals surface area contributed by atoms with Crippen molar-refractivity contribution in [1.29, 1.82) is 0 Å². The summed E-state index contributed by atoms with van der Waals surface area (Å²) in [5.41, 5.74) is 0. The Balaban J connectivity index is 2.21. The summed E-state index contributed by atoms with van der Waals surface area (Å²) >= 11 is 12.1. The molecule has 0 saturated carbocycles. The molecule has 8 heteroatoms. The highest BCUT2D eigenvalue weighted by molar-refractivity contribution is 9.11. The van der Waals surface area contributed by atoms with Gasteiger partial charge in [-0.1, -0.05) is 11.6 Å². The minimum atomic E-state index is 0.441. The largest absolute Gasteiger partial charge is 0.238 e. The quantitative estimate of drug-likeness (QED) is 0.831. The summed E-state index contributed by atoms with van der Waals surface area (Å²) in [4.78, 5) is 12.1. The van der Waals surface area contributed by atoms with E-state index in [-0.39, 0.29) is 0 Å². The molecule has 0 spiro atoms. The fraction of sp³-hybridized carbons (Fsp3) is 0.143. The van der Waals surface area contributed by atoms with E-state index in [1.54, 1.807) is 17.1 Å². The zero-order chi connectivity index (χ0) is 10.8. The molecule has 0 aliphatic heterocycles. The van der Waals surface area contributed by atoms with Crippen molar-refractivity contribution in [3.8, 4) is 0 Å². The summed E-state index contributed by atoms with van der Waals surface area (Å²) in [6.45, 7) is 0.441. The minimum Gasteiger partial charge on any atom is -0.238 e. The molecule has 0 fully saturated rings. The van der Waals surface area contributed by atoms with Gasteiger partial charge in [0.05, 0.1) is 5.02 Å². The standard InChI is InChI=1S/C7H4Br2ClN5/c8-6-13-7(9)15(14-6)3-5-11-1-4(10)2-12-5/h1-2H,3H2. The second-order valence-electron chi connectivity index (χ2n) is 2.63. The minimum absolute atomic E-state index is 0.441. The molecule has 0 radical (unpaired) electrons. The second-order valence-corrected chi connectivity index (χ2v) is 4.48. The molecule has 0 unspecified atom stereocenters. The Labute approximate surface area is 107 Å². The van der Waals surface area contributed by atoms with Gasteiger partial charge in [0.25, 0.3) is 0 Å². The van der Waals surface area contributed by atoms with Crippen LogP contribution in [0, 0.1) is 0 Å². The van der Waals surface area contributed by atoms with Gasteiger partial charge in [0.2, 0.25) is 4.73 Å². The maximum absolute atomic E-state index is 5.67. The van der Waals surface area contributed by atoms with Gasteiger partial charge in [-0.05, 0) is 31.9 Å². The molecular weight excluding hydrogens is 349 g/mol. The van der Waals surface area contributed by atoms with Crippen molar-refractivity contribution in [2.75, 3.05) is 0 Å². The van der Waals surface area contributed by atoms with E-state index in [2.05, 4.69) is 51.9 Å². The zero-order valence-corrected chi connectivity index (χ0v) is 11.2. The lowest BCUT2D eigenvalue weighted by Gasteiger charge is -2.00. The summed E-state index contributed by atoms with van der Waals surface area (Å²) in [5, 5.41) is 4.60. The molecule has 2 aromatic rings. The van der Waals surface area contributed by atoms with Crippen LogP contribution >= 0.6 is 43.5 Å². The van der Waals surface area contributed by atoms with Crippen LogP contribution in [0.2, 0.25) is 5.02 Å². The van der Waals surface area contributed by atoms with E-state index in [1.807, 2.05) is 0 Å². The van der Waals surface area contributed by atoms with Crippen LogP contribution in [-0.2, 0) is 6.54 Å². The van der Waals surface area contributed by atoms with E-state index in [0.717, 1.165) is 0 Å². The van der Waals surface area contributed by atoms with Gasteiger partial charge in [0, 0.05) is 12.4 Å². The molecule has 0 N–H and O–H groups in total. The van der Waals surface area contributed by atoms with Crippen molar-refractivity contribution in [3.63, 3.8) is 0 Å².